The fourth-order valence-electron chi connectivity index (χ4n) is 3.13. The molecule has 0 fully saturated rings. The summed E-state index contributed by atoms with van der Waals surface area (Å²) in [6.07, 6.45) is 1.01. The standard InChI is InChI=1S/C18H19NO2/c1-3-11-4-6-13-14-7-5-12(18(20)21-2)9-16(14)17(10-19)15(13)8-11/h4-9,17H,3,10,19H2,1-2H3. The molecule has 0 heterocycles. The number of hydrogen-bond donors (Lipinski definition) is 1. The van der Waals surface area contributed by atoms with Crippen LogP contribution in [0.1, 0.15) is 39.9 Å². The van der Waals surface area contributed by atoms with Gasteiger partial charge in [-0.1, -0.05) is 31.2 Å². The highest BCUT2D eigenvalue weighted by molar-refractivity contribution is 5.92. The van der Waals surface area contributed by atoms with E-state index in [2.05, 4.69) is 25.1 Å². The van der Waals surface area contributed by atoms with E-state index in [0.29, 0.717) is 12.1 Å². The summed E-state index contributed by atoms with van der Waals surface area (Å²) in [6, 6.07) is 12.3. The molecule has 2 aromatic carbocycles. The number of nitrogens with two attached hydrogens (primary N) is 1. The third-order valence-electron chi connectivity index (χ3n) is 4.27. The van der Waals surface area contributed by atoms with Crippen LogP contribution in [0, 0.1) is 0 Å². The first-order valence-corrected chi connectivity index (χ1v) is 7.25. The Bertz CT molecular complexity index is 706. The molecule has 1 atom stereocenters. The highest BCUT2D eigenvalue weighted by atomic mass is 16.5. The van der Waals surface area contributed by atoms with E-state index in [9.17, 15) is 4.79 Å². The SMILES string of the molecule is CCc1ccc2c(c1)C(CN)c1cc(C(=O)OC)ccc1-2. The molecule has 3 rings (SSSR count). The fraction of sp³-hybridized carbons (Fsp3) is 0.278. The zero-order chi connectivity index (χ0) is 15.0. The number of carbonyl (C=O) groups is 1. The molecule has 0 spiro atoms. The smallest absolute Gasteiger partial charge is 0.337 e. The van der Waals surface area contributed by atoms with Crippen molar-refractivity contribution < 1.29 is 9.53 Å². The number of hydrogen-bond acceptors (Lipinski definition) is 3. The summed E-state index contributed by atoms with van der Waals surface area (Å²) in [6.45, 7) is 2.69. The predicted molar refractivity (Wildman–Crippen MR) is 83.5 cm³/mol. The average molecular weight is 281 g/mol. The number of benzene rings is 2. The van der Waals surface area contributed by atoms with E-state index in [-0.39, 0.29) is 11.9 Å². The van der Waals surface area contributed by atoms with E-state index in [1.807, 2.05) is 18.2 Å². The number of aryl methyl sites for hydroxylation is 1. The van der Waals surface area contributed by atoms with Crippen LogP contribution in [0.3, 0.4) is 0 Å². The predicted octanol–water partition coefficient (Wildman–Crippen LogP) is 3.11. The summed E-state index contributed by atoms with van der Waals surface area (Å²) in [5.74, 6) is -0.148. The Balaban J connectivity index is 2.15. The lowest BCUT2D eigenvalue weighted by Crippen LogP contribution is -2.12. The van der Waals surface area contributed by atoms with Crippen LogP contribution in [0.15, 0.2) is 36.4 Å². The second-order valence-electron chi connectivity index (χ2n) is 5.36. The van der Waals surface area contributed by atoms with Gasteiger partial charge in [0.2, 0.25) is 0 Å². The van der Waals surface area contributed by atoms with E-state index in [1.54, 1.807) is 0 Å². The van der Waals surface area contributed by atoms with Gasteiger partial charge in [0.15, 0.2) is 0 Å². The van der Waals surface area contributed by atoms with Crippen molar-refractivity contribution in [2.75, 3.05) is 13.7 Å². The van der Waals surface area contributed by atoms with Gasteiger partial charge in [-0.05, 0) is 46.4 Å². The van der Waals surface area contributed by atoms with E-state index in [4.69, 9.17) is 10.5 Å². The number of rotatable bonds is 3. The van der Waals surface area contributed by atoms with E-state index in [1.165, 1.54) is 29.4 Å². The Morgan fingerprint density at radius 2 is 1.81 bits per heavy atom. The molecule has 2 N–H and O–H groups in total. The van der Waals surface area contributed by atoms with Gasteiger partial charge in [-0.15, -0.1) is 0 Å². The molecule has 0 saturated heterocycles. The number of fused-ring (bicyclic) bond motifs is 3. The van der Waals surface area contributed by atoms with Crippen molar-refractivity contribution >= 4 is 5.97 Å². The molecular formula is C18H19NO2. The van der Waals surface area contributed by atoms with E-state index in [0.717, 1.165) is 12.0 Å². The molecule has 1 aliphatic rings. The zero-order valence-electron chi connectivity index (χ0n) is 12.3. The maximum Gasteiger partial charge on any atom is 0.337 e. The van der Waals surface area contributed by atoms with Crippen LogP contribution < -0.4 is 5.73 Å². The maximum absolute atomic E-state index is 11.7. The Morgan fingerprint density at radius 3 is 2.43 bits per heavy atom. The third-order valence-corrected chi connectivity index (χ3v) is 4.27. The molecule has 1 aliphatic carbocycles. The number of ether oxygens (including phenoxy) is 1. The summed E-state index contributed by atoms with van der Waals surface area (Å²) in [4.78, 5) is 11.7. The molecule has 3 heteroatoms. The van der Waals surface area contributed by atoms with Crippen molar-refractivity contribution in [1.82, 2.24) is 0 Å². The topological polar surface area (TPSA) is 52.3 Å². The van der Waals surface area contributed by atoms with Crippen LogP contribution in [0.2, 0.25) is 0 Å². The van der Waals surface area contributed by atoms with Crippen molar-refractivity contribution in [2.24, 2.45) is 5.73 Å². The highest BCUT2D eigenvalue weighted by Crippen LogP contribution is 2.45. The molecule has 108 valence electrons. The summed E-state index contributed by atoms with van der Waals surface area (Å²) in [5, 5.41) is 0. The van der Waals surface area contributed by atoms with Crippen LogP contribution in [0.25, 0.3) is 11.1 Å². The second kappa shape index (κ2) is 5.34. The fourth-order valence-corrected chi connectivity index (χ4v) is 3.13. The molecule has 0 bridgehead atoms. The van der Waals surface area contributed by atoms with Gasteiger partial charge in [-0.25, -0.2) is 4.79 Å². The summed E-state index contributed by atoms with van der Waals surface area (Å²) >= 11 is 0. The van der Waals surface area contributed by atoms with E-state index < -0.39 is 0 Å². The van der Waals surface area contributed by atoms with Gasteiger partial charge in [-0.3, -0.25) is 0 Å². The number of esters is 1. The van der Waals surface area contributed by atoms with Crippen LogP contribution >= 0.6 is 0 Å². The zero-order valence-corrected chi connectivity index (χ0v) is 12.3. The van der Waals surface area contributed by atoms with E-state index >= 15 is 0 Å². The first kappa shape index (κ1) is 13.8. The molecule has 0 radical (unpaired) electrons. The van der Waals surface area contributed by atoms with Crippen LogP contribution in [0.5, 0.6) is 0 Å². The van der Waals surface area contributed by atoms with Crippen molar-refractivity contribution in [3.63, 3.8) is 0 Å². The Labute approximate surface area is 124 Å². The molecule has 1 unspecified atom stereocenters. The van der Waals surface area contributed by atoms with Crippen molar-refractivity contribution in [2.45, 2.75) is 19.3 Å². The molecule has 0 aromatic heterocycles. The van der Waals surface area contributed by atoms with Crippen LogP contribution in [0.4, 0.5) is 0 Å². The number of carbonyl (C=O) groups excluding carboxylic acids is 1. The van der Waals surface area contributed by atoms with Crippen molar-refractivity contribution in [3.8, 4) is 11.1 Å². The lowest BCUT2D eigenvalue weighted by atomic mass is 9.95. The second-order valence-corrected chi connectivity index (χ2v) is 5.36. The summed E-state index contributed by atoms with van der Waals surface area (Å²) in [7, 11) is 1.40. The van der Waals surface area contributed by atoms with Gasteiger partial charge in [0, 0.05) is 12.5 Å². The molecule has 0 saturated carbocycles. The average Bonchev–Trinajstić information content (AvgIpc) is 2.85. The largest absolute Gasteiger partial charge is 0.465 e. The third kappa shape index (κ3) is 2.14. The van der Waals surface area contributed by atoms with Crippen LogP contribution in [-0.4, -0.2) is 19.6 Å². The van der Waals surface area contributed by atoms with Gasteiger partial charge in [0.1, 0.15) is 0 Å². The first-order valence-electron chi connectivity index (χ1n) is 7.25. The Kier molecular flexibility index (Phi) is 3.52. The monoisotopic (exact) mass is 281 g/mol. The lowest BCUT2D eigenvalue weighted by Gasteiger charge is -2.12. The normalized spacial score (nSPS) is 15.5. The van der Waals surface area contributed by atoms with Crippen molar-refractivity contribution in [1.29, 1.82) is 0 Å². The molecule has 0 amide bonds. The minimum atomic E-state index is -0.307. The van der Waals surface area contributed by atoms with Gasteiger partial charge in [0.25, 0.3) is 0 Å². The van der Waals surface area contributed by atoms with Gasteiger partial charge < -0.3 is 10.5 Å². The number of methoxy groups -OCH3 is 1. The van der Waals surface area contributed by atoms with Crippen molar-refractivity contribution in [3.05, 3.63) is 58.7 Å². The lowest BCUT2D eigenvalue weighted by molar-refractivity contribution is 0.0600. The van der Waals surface area contributed by atoms with Gasteiger partial charge >= 0.3 is 5.97 Å². The quantitative estimate of drug-likeness (QED) is 0.879. The molecular weight excluding hydrogens is 262 g/mol. The minimum absolute atomic E-state index is 0.158. The highest BCUT2D eigenvalue weighted by Gasteiger charge is 2.28. The molecule has 2 aromatic rings. The van der Waals surface area contributed by atoms with Gasteiger partial charge in [0.05, 0.1) is 12.7 Å². The first-order chi connectivity index (χ1) is 10.2. The van der Waals surface area contributed by atoms with Gasteiger partial charge in [-0.2, -0.15) is 0 Å². The summed E-state index contributed by atoms with van der Waals surface area (Å²) < 4.78 is 4.81. The molecule has 21 heavy (non-hydrogen) atoms. The Morgan fingerprint density at radius 1 is 1.14 bits per heavy atom. The summed E-state index contributed by atoms with van der Waals surface area (Å²) in [5.41, 5.74) is 12.7. The molecule has 0 aliphatic heterocycles. The molecule has 3 nitrogen and oxygen atoms in total. The van der Waals surface area contributed by atoms with Crippen LogP contribution in [-0.2, 0) is 11.2 Å². The minimum Gasteiger partial charge on any atom is -0.465 e. The maximum atomic E-state index is 11.7. The Hall–Kier alpha value is -2.13.